The molecule has 0 spiro atoms. The van der Waals surface area contributed by atoms with Crippen molar-refractivity contribution in [3.8, 4) is 22.6 Å². The molecule has 0 saturated carbocycles. The lowest BCUT2D eigenvalue weighted by Crippen LogP contribution is -2.10. The Kier molecular flexibility index (Phi) is 5.52. The van der Waals surface area contributed by atoms with Gasteiger partial charge < -0.3 is 14.6 Å². The topological polar surface area (TPSA) is 72.8 Å². The van der Waals surface area contributed by atoms with Crippen LogP contribution in [0.1, 0.15) is 22.8 Å². The van der Waals surface area contributed by atoms with Crippen molar-refractivity contribution in [3.63, 3.8) is 0 Å². The molecule has 0 atom stereocenters. The third kappa shape index (κ3) is 4.33. The van der Waals surface area contributed by atoms with Gasteiger partial charge in [-0.15, -0.1) is 0 Å². The van der Waals surface area contributed by atoms with Crippen molar-refractivity contribution in [2.75, 3.05) is 0 Å². The second-order valence-electron chi connectivity index (χ2n) is 5.85. The van der Waals surface area contributed by atoms with Gasteiger partial charge in [0.25, 0.3) is 0 Å². The molecular weight excluding hydrogens is 344 g/mol. The van der Waals surface area contributed by atoms with Crippen LogP contribution in [0, 0.1) is 0 Å². The van der Waals surface area contributed by atoms with Crippen LogP contribution in [-0.2, 0) is 11.4 Å². The Morgan fingerprint density at radius 3 is 2.11 bits per heavy atom. The van der Waals surface area contributed by atoms with Crippen LogP contribution in [-0.4, -0.2) is 17.0 Å². The first-order valence-corrected chi connectivity index (χ1v) is 8.37. The molecule has 0 saturated heterocycles. The van der Waals surface area contributed by atoms with Crippen molar-refractivity contribution in [1.82, 2.24) is 0 Å². The van der Waals surface area contributed by atoms with E-state index in [4.69, 9.17) is 9.47 Å². The van der Waals surface area contributed by atoms with E-state index in [-0.39, 0.29) is 11.3 Å². The van der Waals surface area contributed by atoms with Gasteiger partial charge in [-0.2, -0.15) is 0 Å². The van der Waals surface area contributed by atoms with E-state index in [9.17, 15) is 14.7 Å². The zero-order valence-electron chi connectivity index (χ0n) is 14.7. The molecule has 3 aromatic rings. The molecule has 0 aromatic heterocycles. The smallest absolute Gasteiger partial charge is 0.339 e. The number of ether oxygens (including phenoxy) is 2. The monoisotopic (exact) mass is 362 g/mol. The second-order valence-corrected chi connectivity index (χ2v) is 5.85. The number of benzene rings is 3. The molecule has 0 bridgehead atoms. The summed E-state index contributed by atoms with van der Waals surface area (Å²) in [7, 11) is 0. The van der Waals surface area contributed by atoms with E-state index in [2.05, 4.69) is 0 Å². The van der Waals surface area contributed by atoms with Crippen LogP contribution in [0.5, 0.6) is 11.5 Å². The van der Waals surface area contributed by atoms with E-state index in [1.807, 2.05) is 60.7 Å². The lowest BCUT2D eigenvalue weighted by molar-refractivity contribution is -0.131. The molecule has 0 aliphatic carbocycles. The van der Waals surface area contributed by atoms with E-state index in [1.165, 1.54) is 13.0 Å². The maximum Gasteiger partial charge on any atom is 0.339 e. The fraction of sp³-hybridized carbons (Fsp3) is 0.0909. The van der Waals surface area contributed by atoms with Crippen LogP contribution < -0.4 is 9.47 Å². The Hall–Kier alpha value is -3.60. The van der Waals surface area contributed by atoms with Crippen LogP contribution >= 0.6 is 0 Å². The van der Waals surface area contributed by atoms with Gasteiger partial charge in [0.15, 0.2) is 5.75 Å². The standard InChI is InChI=1S/C22H18O5/c1-15(23)27-21-18(22(24)25)12-13-19(20(21)17-10-6-3-7-11-17)26-14-16-8-4-2-5-9-16/h2-13H,14H2,1H3,(H,24,25). The van der Waals surface area contributed by atoms with Crippen LogP contribution in [0.2, 0.25) is 0 Å². The van der Waals surface area contributed by atoms with Crippen LogP contribution in [0.4, 0.5) is 0 Å². The first-order chi connectivity index (χ1) is 13.1. The number of carbonyl (C=O) groups excluding carboxylic acids is 1. The molecular formula is C22H18O5. The van der Waals surface area contributed by atoms with Crippen LogP contribution in [0.3, 0.4) is 0 Å². The average molecular weight is 362 g/mol. The highest BCUT2D eigenvalue weighted by molar-refractivity contribution is 5.97. The number of carboxylic acids is 1. The minimum Gasteiger partial charge on any atom is -0.488 e. The SMILES string of the molecule is CC(=O)Oc1c(C(=O)O)ccc(OCc2ccccc2)c1-c1ccccc1. The molecule has 5 nitrogen and oxygen atoms in total. The largest absolute Gasteiger partial charge is 0.488 e. The van der Waals surface area contributed by atoms with Crippen molar-refractivity contribution < 1.29 is 24.2 Å². The molecule has 1 N–H and O–H groups in total. The number of esters is 1. The summed E-state index contributed by atoms with van der Waals surface area (Å²) in [6.07, 6.45) is 0. The predicted molar refractivity (Wildman–Crippen MR) is 101 cm³/mol. The van der Waals surface area contributed by atoms with Crippen molar-refractivity contribution in [2.24, 2.45) is 0 Å². The summed E-state index contributed by atoms with van der Waals surface area (Å²) in [5.74, 6) is -1.37. The number of carboxylic acid groups (broad SMARTS) is 1. The van der Waals surface area contributed by atoms with Crippen molar-refractivity contribution >= 4 is 11.9 Å². The number of rotatable bonds is 6. The van der Waals surface area contributed by atoms with Gasteiger partial charge in [0.2, 0.25) is 0 Å². The van der Waals surface area contributed by atoms with Gasteiger partial charge in [-0.05, 0) is 23.3 Å². The van der Waals surface area contributed by atoms with E-state index >= 15 is 0 Å². The third-order valence-electron chi connectivity index (χ3n) is 3.90. The summed E-state index contributed by atoms with van der Waals surface area (Å²) >= 11 is 0. The Bertz CT molecular complexity index is 949. The number of hydrogen-bond donors (Lipinski definition) is 1. The van der Waals surface area contributed by atoms with Crippen molar-refractivity contribution in [1.29, 1.82) is 0 Å². The third-order valence-corrected chi connectivity index (χ3v) is 3.90. The fourth-order valence-corrected chi connectivity index (χ4v) is 2.72. The molecule has 0 aliphatic heterocycles. The molecule has 0 unspecified atom stereocenters. The van der Waals surface area contributed by atoms with Gasteiger partial charge in [-0.3, -0.25) is 4.79 Å². The Morgan fingerprint density at radius 2 is 1.52 bits per heavy atom. The maximum absolute atomic E-state index is 11.6. The molecule has 0 amide bonds. The molecule has 27 heavy (non-hydrogen) atoms. The van der Waals surface area contributed by atoms with Crippen molar-refractivity contribution in [3.05, 3.63) is 83.9 Å². The maximum atomic E-state index is 11.6. The highest BCUT2D eigenvalue weighted by Crippen LogP contribution is 2.41. The molecule has 0 radical (unpaired) electrons. The van der Waals surface area contributed by atoms with Gasteiger partial charge in [0.05, 0.1) is 5.56 Å². The minimum atomic E-state index is -1.18. The molecule has 3 rings (SSSR count). The highest BCUT2D eigenvalue weighted by atomic mass is 16.5. The summed E-state index contributed by atoms with van der Waals surface area (Å²) in [6, 6.07) is 21.7. The first kappa shape index (κ1) is 18.2. The van der Waals surface area contributed by atoms with Gasteiger partial charge in [-0.1, -0.05) is 60.7 Å². The average Bonchev–Trinajstić information content (AvgIpc) is 2.67. The highest BCUT2D eigenvalue weighted by Gasteiger charge is 2.23. The summed E-state index contributed by atoms with van der Waals surface area (Å²) in [5, 5.41) is 9.52. The van der Waals surface area contributed by atoms with Gasteiger partial charge >= 0.3 is 11.9 Å². The van der Waals surface area contributed by atoms with E-state index < -0.39 is 11.9 Å². The van der Waals surface area contributed by atoms with E-state index in [1.54, 1.807) is 6.07 Å². The number of aromatic carboxylic acids is 1. The predicted octanol–water partition coefficient (Wildman–Crippen LogP) is 4.56. The molecule has 0 fully saturated rings. The summed E-state index contributed by atoms with van der Waals surface area (Å²) in [5.41, 5.74) is 1.99. The Balaban J connectivity index is 2.11. The minimum absolute atomic E-state index is 0.0215. The number of hydrogen-bond acceptors (Lipinski definition) is 4. The normalized spacial score (nSPS) is 10.3. The molecule has 0 heterocycles. The zero-order chi connectivity index (χ0) is 19.2. The summed E-state index contributed by atoms with van der Waals surface area (Å²) < 4.78 is 11.2. The van der Waals surface area contributed by atoms with Crippen LogP contribution in [0.25, 0.3) is 11.1 Å². The summed E-state index contributed by atoms with van der Waals surface area (Å²) in [6.45, 7) is 1.53. The first-order valence-electron chi connectivity index (χ1n) is 8.37. The molecule has 136 valence electrons. The van der Waals surface area contributed by atoms with Crippen molar-refractivity contribution in [2.45, 2.75) is 13.5 Å². The van der Waals surface area contributed by atoms with Gasteiger partial charge in [-0.25, -0.2) is 4.79 Å². The lowest BCUT2D eigenvalue weighted by atomic mass is 10.00. The Labute approximate surface area is 156 Å². The zero-order valence-corrected chi connectivity index (χ0v) is 14.7. The molecule has 0 aliphatic rings. The van der Waals surface area contributed by atoms with Crippen LogP contribution in [0.15, 0.2) is 72.8 Å². The Morgan fingerprint density at radius 1 is 0.889 bits per heavy atom. The number of carbonyl (C=O) groups is 2. The molecule has 3 aromatic carbocycles. The second kappa shape index (κ2) is 8.19. The van der Waals surface area contributed by atoms with E-state index in [0.29, 0.717) is 23.5 Å². The fourth-order valence-electron chi connectivity index (χ4n) is 2.72. The lowest BCUT2D eigenvalue weighted by Gasteiger charge is -2.17. The van der Waals surface area contributed by atoms with Gasteiger partial charge in [0, 0.05) is 6.92 Å². The van der Waals surface area contributed by atoms with E-state index in [0.717, 1.165) is 5.56 Å². The summed E-state index contributed by atoms with van der Waals surface area (Å²) in [4.78, 5) is 23.3. The molecule has 5 heteroatoms. The van der Waals surface area contributed by atoms with Gasteiger partial charge in [0.1, 0.15) is 17.9 Å². The quantitative estimate of drug-likeness (QED) is 0.514.